The van der Waals surface area contributed by atoms with E-state index in [1.807, 2.05) is 13.2 Å². The minimum atomic E-state index is 0.599. The van der Waals surface area contributed by atoms with Crippen LogP contribution in [0.1, 0.15) is 25.5 Å². The van der Waals surface area contributed by atoms with Crippen LogP contribution in [0.2, 0.25) is 0 Å². The zero-order valence-electron chi connectivity index (χ0n) is 8.09. The van der Waals surface area contributed by atoms with Crippen molar-refractivity contribution in [3.63, 3.8) is 0 Å². The van der Waals surface area contributed by atoms with Crippen LogP contribution in [-0.4, -0.2) is 16.4 Å². The predicted molar refractivity (Wildman–Crippen MR) is 55.5 cm³/mol. The normalized spacial score (nSPS) is 10.7. The Bertz CT molecular complexity index is 260. The number of hydrogen-bond acceptors (Lipinski definition) is 2. The van der Waals surface area contributed by atoms with Gasteiger partial charge in [0, 0.05) is 19.9 Å². The molecule has 1 aromatic rings. The fourth-order valence-corrected chi connectivity index (χ4v) is 1.51. The number of unbranched alkanes of at least 4 members (excludes halogenated alkanes) is 1. The van der Waals surface area contributed by atoms with E-state index in [1.165, 1.54) is 6.42 Å². The molecule has 0 saturated carbocycles. The zero-order valence-corrected chi connectivity index (χ0v) is 9.67. The lowest BCUT2D eigenvalue weighted by atomic mass is 10.4. The van der Waals surface area contributed by atoms with Gasteiger partial charge in [-0.3, -0.25) is 4.68 Å². The topological polar surface area (TPSA) is 27.1 Å². The molecule has 0 atom stereocenters. The molecule has 13 heavy (non-hydrogen) atoms. The number of rotatable bonds is 5. The minimum Gasteiger partial charge on any atom is -0.375 e. The average molecular weight is 247 g/mol. The first-order valence-corrected chi connectivity index (χ1v) is 5.29. The van der Waals surface area contributed by atoms with Crippen molar-refractivity contribution in [2.24, 2.45) is 7.05 Å². The number of hydrogen-bond donors (Lipinski definition) is 0. The first-order valence-electron chi connectivity index (χ1n) is 4.49. The quantitative estimate of drug-likeness (QED) is 0.747. The zero-order chi connectivity index (χ0) is 9.68. The van der Waals surface area contributed by atoms with Crippen molar-refractivity contribution in [1.29, 1.82) is 0 Å². The lowest BCUT2D eigenvalue weighted by Crippen LogP contribution is -1.97. The number of nitrogens with zero attached hydrogens (tertiary/aromatic N) is 2. The van der Waals surface area contributed by atoms with Gasteiger partial charge in [-0.15, -0.1) is 0 Å². The van der Waals surface area contributed by atoms with Crippen LogP contribution in [0, 0.1) is 0 Å². The van der Waals surface area contributed by atoms with Crippen molar-refractivity contribution in [2.45, 2.75) is 26.4 Å². The fraction of sp³-hybridized carbons (Fsp3) is 0.667. The number of halogens is 1. The van der Waals surface area contributed by atoms with Crippen LogP contribution in [0.25, 0.3) is 0 Å². The molecule has 0 aliphatic carbocycles. The van der Waals surface area contributed by atoms with Gasteiger partial charge >= 0.3 is 0 Å². The molecule has 0 radical (unpaired) electrons. The van der Waals surface area contributed by atoms with Crippen molar-refractivity contribution >= 4 is 15.9 Å². The maximum absolute atomic E-state index is 5.45. The standard InChI is InChI=1S/C9H15BrN2O/c1-3-4-5-13-7-9-8(10)6-12(2)11-9/h6H,3-5,7H2,1-2H3. The van der Waals surface area contributed by atoms with Crippen LogP contribution in [0.15, 0.2) is 10.7 Å². The number of aromatic nitrogens is 2. The van der Waals surface area contributed by atoms with E-state index in [0.717, 1.165) is 23.2 Å². The van der Waals surface area contributed by atoms with Crippen LogP contribution in [0.3, 0.4) is 0 Å². The molecule has 0 spiro atoms. The van der Waals surface area contributed by atoms with Gasteiger partial charge in [0.25, 0.3) is 0 Å². The maximum Gasteiger partial charge on any atom is 0.102 e. The van der Waals surface area contributed by atoms with Gasteiger partial charge in [-0.1, -0.05) is 13.3 Å². The van der Waals surface area contributed by atoms with Crippen molar-refractivity contribution < 1.29 is 4.74 Å². The first kappa shape index (κ1) is 10.7. The molecular formula is C9H15BrN2O. The molecule has 0 saturated heterocycles. The summed E-state index contributed by atoms with van der Waals surface area (Å²) in [4.78, 5) is 0. The van der Waals surface area contributed by atoms with Crippen LogP contribution in [-0.2, 0) is 18.4 Å². The summed E-state index contributed by atoms with van der Waals surface area (Å²) in [6.07, 6.45) is 4.21. The Morgan fingerprint density at radius 1 is 1.62 bits per heavy atom. The molecule has 1 aromatic heterocycles. The molecule has 0 aliphatic rings. The molecule has 3 nitrogen and oxygen atoms in total. The summed E-state index contributed by atoms with van der Waals surface area (Å²) in [6.45, 7) is 3.57. The van der Waals surface area contributed by atoms with E-state index < -0.39 is 0 Å². The molecule has 4 heteroatoms. The molecule has 1 heterocycles. The Balaban J connectivity index is 2.32. The highest BCUT2D eigenvalue weighted by molar-refractivity contribution is 9.10. The van der Waals surface area contributed by atoms with Gasteiger partial charge < -0.3 is 4.74 Å². The van der Waals surface area contributed by atoms with E-state index in [0.29, 0.717) is 6.61 Å². The summed E-state index contributed by atoms with van der Waals surface area (Å²) in [6, 6.07) is 0. The highest BCUT2D eigenvalue weighted by Gasteiger charge is 2.03. The largest absolute Gasteiger partial charge is 0.375 e. The Morgan fingerprint density at radius 3 is 2.92 bits per heavy atom. The van der Waals surface area contributed by atoms with Gasteiger partial charge in [0.1, 0.15) is 5.69 Å². The molecule has 74 valence electrons. The molecule has 0 N–H and O–H groups in total. The molecule has 0 fully saturated rings. The van der Waals surface area contributed by atoms with E-state index in [9.17, 15) is 0 Å². The maximum atomic E-state index is 5.45. The second-order valence-corrected chi connectivity index (χ2v) is 3.86. The summed E-state index contributed by atoms with van der Waals surface area (Å²) in [5.41, 5.74) is 0.971. The van der Waals surface area contributed by atoms with Gasteiger partial charge in [0.05, 0.1) is 11.1 Å². The van der Waals surface area contributed by atoms with Gasteiger partial charge in [-0.2, -0.15) is 5.10 Å². The number of ether oxygens (including phenoxy) is 1. The molecular weight excluding hydrogens is 232 g/mol. The third-order valence-corrected chi connectivity index (χ3v) is 2.40. The van der Waals surface area contributed by atoms with Gasteiger partial charge in [0.2, 0.25) is 0 Å². The third-order valence-electron chi connectivity index (χ3n) is 1.74. The van der Waals surface area contributed by atoms with Crippen molar-refractivity contribution in [2.75, 3.05) is 6.61 Å². The summed E-state index contributed by atoms with van der Waals surface area (Å²) in [5.74, 6) is 0. The Labute approximate surface area is 87.2 Å². The molecule has 0 aliphatic heterocycles. The van der Waals surface area contributed by atoms with Crippen molar-refractivity contribution in [3.8, 4) is 0 Å². The van der Waals surface area contributed by atoms with Crippen LogP contribution < -0.4 is 0 Å². The molecule has 0 unspecified atom stereocenters. The summed E-state index contributed by atoms with van der Waals surface area (Å²) < 4.78 is 8.25. The highest BCUT2D eigenvalue weighted by atomic mass is 79.9. The smallest absolute Gasteiger partial charge is 0.102 e. The monoisotopic (exact) mass is 246 g/mol. The third kappa shape index (κ3) is 3.48. The van der Waals surface area contributed by atoms with Crippen LogP contribution >= 0.6 is 15.9 Å². The first-order chi connectivity index (χ1) is 6.24. The van der Waals surface area contributed by atoms with Gasteiger partial charge in [-0.05, 0) is 22.4 Å². The Morgan fingerprint density at radius 2 is 2.38 bits per heavy atom. The molecule has 1 rings (SSSR count). The van der Waals surface area contributed by atoms with Gasteiger partial charge in [-0.25, -0.2) is 0 Å². The fourth-order valence-electron chi connectivity index (χ4n) is 1.02. The van der Waals surface area contributed by atoms with E-state index in [-0.39, 0.29) is 0 Å². The SMILES string of the molecule is CCCCOCc1nn(C)cc1Br. The molecule has 0 bridgehead atoms. The van der Waals surface area contributed by atoms with E-state index in [4.69, 9.17) is 4.74 Å². The number of aryl methyl sites for hydroxylation is 1. The van der Waals surface area contributed by atoms with Crippen molar-refractivity contribution in [1.82, 2.24) is 9.78 Å². The second kappa shape index (κ2) is 5.40. The average Bonchev–Trinajstić information content (AvgIpc) is 2.39. The van der Waals surface area contributed by atoms with E-state index >= 15 is 0 Å². The van der Waals surface area contributed by atoms with E-state index in [1.54, 1.807) is 4.68 Å². The van der Waals surface area contributed by atoms with E-state index in [2.05, 4.69) is 28.0 Å². The second-order valence-electron chi connectivity index (χ2n) is 3.00. The Hall–Kier alpha value is -0.350. The Kier molecular flexibility index (Phi) is 4.45. The summed E-state index contributed by atoms with van der Waals surface area (Å²) >= 11 is 3.42. The van der Waals surface area contributed by atoms with Crippen molar-refractivity contribution in [3.05, 3.63) is 16.4 Å². The minimum absolute atomic E-state index is 0.599. The summed E-state index contributed by atoms with van der Waals surface area (Å²) in [7, 11) is 1.90. The van der Waals surface area contributed by atoms with Gasteiger partial charge in [0.15, 0.2) is 0 Å². The van der Waals surface area contributed by atoms with Crippen LogP contribution in [0.5, 0.6) is 0 Å². The highest BCUT2D eigenvalue weighted by Crippen LogP contribution is 2.14. The predicted octanol–water partition coefficient (Wildman–Crippen LogP) is 2.50. The molecule has 0 aromatic carbocycles. The summed E-state index contributed by atoms with van der Waals surface area (Å²) in [5, 5.41) is 4.25. The lowest BCUT2D eigenvalue weighted by Gasteiger charge is -2.00. The lowest BCUT2D eigenvalue weighted by molar-refractivity contribution is 0.115. The van der Waals surface area contributed by atoms with Crippen LogP contribution in [0.4, 0.5) is 0 Å². The molecule has 0 amide bonds.